The van der Waals surface area contributed by atoms with Crippen LogP contribution in [0.5, 0.6) is 0 Å². The molecule has 2 aromatic rings. The molecule has 0 aromatic carbocycles. The van der Waals surface area contributed by atoms with E-state index in [9.17, 15) is 4.79 Å². The SMILES string of the molecule is Cc1noc(CNC(=O)c2ccnc(Br)c2)n1. The van der Waals surface area contributed by atoms with Crippen molar-refractivity contribution in [2.24, 2.45) is 0 Å². The van der Waals surface area contributed by atoms with Crippen LogP contribution in [0, 0.1) is 6.92 Å². The Balaban J connectivity index is 1.98. The van der Waals surface area contributed by atoms with E-state index in [0.29, 0.717) is 21.9 Å². The summed E-state index contributed by atoms with van der Waals surface area (Å²) in [5.41, 5.74) is 0.517. The number of carbonyl (C=O) groups is 1. The molecular formula is C10H9BrN4O2. The second-order valence-corrected chi connectivity index (χ2v) is 4.10. The number of nitrogens with one attached hydrogen (secondary N) is 1. The quantitative estimate of drug-likeness (QED) is 0.868. The average molecular weight is 297 g/mol. The fraction of sp³-hybridized carbons (Fsp3) is 0.200. The van der Waals surface area contributed by atoms with Crippen LogP contribution in [0.25, 0.3) is 0 Å². The van der Waals surface area contributed by atoms with Gasteiger partial charge in [0.15, 0.2) is 5.82 Å². The first kappa shape index (κ1) is 11.7. The molecule has 0 unspecified atom stereocenters. The average Bonchev–Trinajstić information content (AvgIpc) is 2.72. The highest BCUT2D eigenvalue weighted by Crippen LogP contribution is 2.08. The van der Waals surface area contributed by atoms with Gasteiger partial charge in [-0.15, -0.1) is 0 Å². The molecule has 1 N–H and O–H groups in total. The van der Waals surface area contributed by atoms with Crippen molar-refractivity contribution in [1.29, 1.82) is 0 Å². The van der Waals surface area contributed by atoms with Gasteiger partial charge in [0, 0.05) is 11.8 Å². The second kappa shape index (κ2) is 5.05. The van der Waals surface area contributed by atoms with Crippen LogP contribution in [0.4, 0.5) is 0 Å². The lowest BCUT2D eigenvalue weighted by Crippen LogP contribution is -2.23. The van der Waals surface area contributed by atoms with Gasteiger partial charge >= 0.3 is 0 Å². The van der Waals surface area contributed by atoms with Gasteiger partial charge in [0.2, 0.25) is 5.89 Å². The first-order valence-corrected chi connectivity index (χ1v) is 5.63. The maximum absolute atomic E-state index is 11.7. The number of carbonyl (C=O) groups excluding carboxylic acids is 1. The maximum atomic E-state index is 11.7. The summed E-state index contributed by atoms with van der Waals surface area (Å²) in [6.45, 7) is 1.93. The predicted octanol–water partition coefficient (Wildman–Crippen LogP) is 1.47. The predicted molar refractivity (Wildman–Crippen MR) is 62.1 cm³/mol. The molecule has 2 heterocycles. The lowest BCUT2D eigenvalue weighted by Gasteiger charge is -2.01. The van der Waals surface area contributed by atoms with Gasteiger partial charge in [-0.3, -0.25) is 4.79 Å². The molecule has 2 rings (SSSR count). The minimum absolute atomic E-state index is 0.208. The topological polar surface area (TPSA) is 80.9 Å². The number of amides is 1. The lowest BCUT2D eigenvalue weighted by molar-refractivity contribution is 0.0946. The normalized spacial score (nSPS) is 10.2. The smallest absolute Gasteiger partial charge is 0.251 e. The third-order valence-corrected chi connectivity index (χ3v) is 2.39. The van der Waals surface area contributed by atoms with Crippen molar-refractivity contribution in [3.63, 3.8) is 0 Å². The first-order chi connectivity index (χ1) is 8.15. The van der Waals surface area contributed by atoms with Gasteiger partial charge < -0.3 is 9.84 Å². The number of aryl methyl sites for hydroxylation is 1. The Morgan fingerprint density at radius 3 is 3.06 bits per heavy atom. The molecule has 7 heteroatoms. The molecule has 0 bridgehead atoms. The van der Waals surface area contributed by atoms with Gasteiger partial charge in [-0.2, -0.15) is 4.98 Å². The monoisotopic (exact) mass is 296 g/mol. The summed E-state index contributed by atoms with van der Waals surface area (Å²) in [6, 6.07) is 3.26. The second-order valence-electron chi connectivity index (χ2n) is 3.29. The van der Waals surface area contributed by atoms with Crippen LogP contribution in [0.2, 0.25) is 0 Å². The largest absolute Gasteiger partial charge is 0.343 e. The Kier molecular flexibility index (Phi) is 3.48. The molecule has 2 aromatic heterocycles. The van der Waals surface area contributed by atoms with Crippen molar-refractivity contribution in [1.82, 2.24) is 20.4 Å². The molecule has 0 aliphatic rings. The Labute approximate surface area is 106 Å². The number of hydrogen-bond donors (Lipinski definition) is 1. The Hall–Kier alpha value is -1.76. The number of hydrogen-bond acceptors (Lipinski definition) is 5. The fourth-order valence-electron chi connectivity index (χ4n) is 1.21. The van der Waals surface area contributed by atoms with Crippen LogP contribution in [0.15, 0.2) is 27.5 Å². The van der Waals surface area contributed by atoms with E-state index in [4.69, 9.17) is 4.52 Å². The molecule has 0 atom stereocenters. The van der Waals surface area contributed by atoms with Gasteiger partial charge in [-0.05, 0) is 35.0 Å². The van der Waals surface area contributed by atoms with Gasteiger partial charge in [-0.25, -0.2) is 4.98 Å². The molecule has 17 heavy (non-hydrogen) atoms. The van der Waals surface area contributed by atoms with Gasteiger partial charge in [0.05, 0.1) is 6.54 Å². The van der Waals surface area contributed by atoms with Crippen LogP contribution in [0.3, 0.4) is 0 Å². The van der Waals surface area contributed by atoms with E-state index in [1.807, 2.05) is 0 Å². The summed E-state index contributed by atoms with van der Waals surface area (Å²) in [6.07, 6.45) is 1.55. The zero-order valence-electron chi connectivity index (χ0n) is 8.98. The van der Waals surface area contributed by atoms with Crippen LogP contribution < -0.4 is 5.32 Å². The summed E-state index contributed by atoms with van der Waals surface area (Å²) in [5.74, 6) is 0.703. The summed E-state index contributed by atoms with van der Waals surface area (Å²) in [7, 11) is 0. The molecule has 0 aliphatic heterocycles. The minimum atomic E-state index is -0.219. The molecule has 1 amide bonds. The van der Waals surface area contributed by atoms with Crippen molar-refractivity contribution < 1.29 is 9.32 Å². The third kappa shape index (κ3) is 3.10. The van der Waals surface area contributed by atoms with Crippen LogP contribution >= 0.6 is 15.9 Å². The zero-order valence-corrected chi connectivity index (χ0v) is 10.6. The minimum Gasteiger partial charge on any atom is -0.343 e. The number of rotatable bonds is 3. The van der Waals surface area contributed by atoms with E-state index in [-0.39, 0.29) is 12.5 Å². The van der Waals surface area contributed by atoms with Crippen LogP contribution in [-0.2, 0) is 6.54 Å². The molecule has 88 valence electrons. The maximum Gasteiger partial charge on any atom is 0.251 e. The van der Waals surface area contributed by atoms with Gasteiger partial charge in [0.1, 0.15) is 4.60 Å². The molecular weight excluding hydrogens is 288 g/mol. The van der Waals surface area contributed by atoms with E-state index in [1.165, 1.54) is 0 Å². The fourth-order valence-corrected chi connectivity index (χ4v) is 1.58. The highest BCUT2D eigenvalue weighted by atomic mass is 79.9. The van der Waals surface area contributed by atoms with E-state index >= 15 is 0 Å². The van der Waals surface area contributed by atoms with Crippen LogP contribution in [-0.4, -0.2) is 21.0 Å². The van der Waals surface area contributed by atoms with Crippen LogP contribution in [0.1, 0.15) is 22.1 Å². The molecule has 0 saturated heterocycles. The molecule has 0 saturated carbocycles. The lowest BCUT2D eigenvalue weighted by atomic mass is 10.2. The summed E-state index contributed by atoms with van der Waals surface area (Å²) >= 11 is 3.20. The van der Waals surface area contributed by atoms with E-state index in [1.54, 1.807) is 25.3 Å². The van der Waals surface area contributed by atoms with Crippen molar-refractivity contribution in [3.05, 3.63) is 40.2 Å². The van der Waals surface area contributed by atoms with Gasteiger partial charge in [0.25, 0.3) is 5.91 Å². The summed E-state index contributed by atoms with van der Waals surface area (Å²) < 4.78 is 5.49. The van der Waals surface area contributed by atoms with Crippen molar-refractivity contribution >= 4 is 21.8 Å². The van der Waals surface area contributed by atoms with Crippen molar-refractivity contribution in [3.8, 4) is 0 Å². The standard InChI is InChI=1S/C10H9BrN4O2/c1-6-14-9(17-15-6)5-13-10(16)7-2-3-12-8(11)4-7/h2-4H,5H2,1H3,(H,13,16). The Morgan fingerprint density at radius 1 is 1.59 bits per heavy atom. The molecule has 0 fully saturated rings. The first-order valence-electron chi connectivity index (χ1n) is 4.84. The third-order valence-electron chi connectivity index (χ3n) is 1.96. The highest BCUT2D eigenvalue weighted by molar-refractivity contribution is 9.10. The number of aromatic nitrogens is 3. The molecule has 0 radical (unpaired) electrons. The van der Waals surface area contributed by atoms with E-state index in [2.05, 4.69) is 36.4 Å². The Morgan fingerprint density at radius 2 is 2.41 bits per heavy atom. The highest BCUT2D eigenvalue weighted by Gasteiger charge is 2.08. The zero-order chi connectivity index (χ0) is 12.3. The van der Waals surface area contributed by atoms with E-state index < -0.39 is 0 Å². The molecule has 0 spiro atoms. The van der Waals surface area contributed by atoms with Crippen molar-refractivity contribution in [2.45, 2.75) is 13.5 Å². The summed E-state index contributed by atoms with van der Waals surface area (Å²) in [5, 5.41) is 6.30. The Bertz CT molecular complexity index is 541. The molecule has 6 nitrogen and oxygen atoms in total. The molecule has 0 aliphatic carbocycles. The van der Waals surface area contributed by atoms with Gasteiger partial charge in [-0.1, -0.05) is 5.16 Å². The number of nitrogens with zero attached hydrogens (tertiary/aromatic N) is 3. The number of halogens is 1. The van der Waals surface area contributed by atoms with Crippen molar-refractivity contribution in [2.75, 3.05) is 0 Å². The summed E-state index contributed by atoms with van der Waals surface area (Å²) in [4.78, 5) is 19.6. The van der Waals surface area contributed by atoms with E-state index in [0.717, 1.165) is 0 Å². The number of pyridine rings is 1.